The molecule has 4 heteroatoms. The fourth-order valence-corrected chi connectivity index (χ4v) is 1.74. The molecule has 1 rings (SSSR count). The first kappa shape index (κ1) is 11.0. The standard InChI is InChI=1S/C10H13NO2S/c1-10(2,3)14-8-5-4-7(6-11-8)9(12)13/h4-6H,1-3H3,(H,12,13)/p-1. The van der Waals surface area contributed by atoms with Gasteiger partial charge in [0.25, 0.3) is 0 Å². The fraction of sp³-hybridized carbons (Fsp3) is 0.400. The van der Waals surface area contributed by atoms with Gasteiger partial charge in [-0.1, -0.05) is 20.8 Å². The van der Waals surface area contributed by atoms with Gasteiger partial charge in [0.2, 0.25) is 0 Å². The number of carbonyl (C=O) groups is 1. The molecule has 0 fully saturated rings. The highest BCUT2D eigenvalue weighted by molar-refractivity contribution is 8.00. The van der Waals surface area contributed by atoms with Crippen LogP contribution in [0.15, 0.2) is 23.4 Å². The van der Waals surface area contributed by atoms with Crippen molar-refractivity contribution in [1.29, 1.82) is 0 Å². The lowest BCUT2D eigenvalue weighted by molar-refractivity contribution is -0.255. The second-order valence-electron chi connectivity index (χ2n) is 3.89. The van der Waals surface area contributed by atoms with Gasteiger partial charge in [-0.25, -0.2) is 4.98 Å². The van der Waals surface area contributed by atoms with Crippen LogP contribution in [-0.2, 0) is 0 Å². The summed E-state index contributed by atoms with van der Waals surface area (Å²) in [5.41, 5.74) is 0.114. The Labute approximate surface area is 87.6 Å². The lowest BCUT2D eigenvalue weighted by atomic mass is 10.3. The van der Waals surface area contributed by atoms with E-state index in [0.29, 0.717) is 0 Å². The largest absolute Gasteiger partial charge is 0.545 e. The van der Waals surface area contributed by atoms with Crippen molar-refractivity contribution in [3.8, 4) is 0 Å². The lowest BCUT2D eigenvalue weighted by Gasteiger charge is -2.16. The van der Waals surface area contributed by atoms with Crippen LogP contribution in [0.5, 0.6) is 0 Å². The van der Waals surface area contributed by atoms with Gasteiger partial charge in [-0.15, -0.1) is 11.8 Å². The summed E-state index contributed by atoms with van der Waals surface area (Å²) in [7, 11) is 0. The number of carbonyl (C=O) groups excluding carboxylic acids is 1. The topological polar surface area (TPSA) is 53.0 Å². The van der Waals surface area contributed by atoms with E-state index in [0.717, 1.165) is 5.03 Å². The van der Waals surface area contributed by atoms with Crippen molar-refractivity contribution in [1.82, 2.24) is 4.98 Å². The molecule has 0 saturated heterocycles. The summed E-state index contributed by atoms with van der Waals surface area (Å²) < 4.78 is 0.0794. The summed E-state index contributed by atoms with van der Waals surface area (Å²) in [5, 5.41) is 11.3. The van der Waals surface area contributed by atoms with Crippen molar-refractivity contribution < 1.29 is 9.90 Å². The van der Waals surface area contributed by atoms with Crippen LogP contribution in [0.3, 0.4) is 0 Å². The van der Waals surface area contributed by atoms with Crippen LogP contribution in [0.2, 0.25) is 0 Å². The van der Waals surface area contributed by atoms with Crippen LogP contribution in [0.4, 0.5) is 0 Å². The molecule has 0 aliphatic heterocycles. The van der Waals surface area contributed by atoms with Gasteiger partial charge < -0.3 is 9.90 Å². The van der Waals surface area contributed by atoms with Gasteiger partial charge in [0.1, 0.15) is 0 Å². The molecule has 0 unspecified atom stereocenters. The van der Waals surface area contributed by atoms with Gasteiger partial charge >= 0.3 is 0 Å². The molecule has 0 radical (unpaired) electrons. The SMILES string of the molecule is CC(C)(C)Sc1ccc(C(=O)[O-])cn1. The van der Waals surface area contributed by atoms with Gasteiger partial charge in [0, 0.05) is 16.5 Å². The maximum atomic E-state index is 10.4. The van der Waals surface area contributed by atoms with Crippen molar-refractivity contribution in [2.45, 2.75) is 30.5 Å². The van der Waals surface area contributed by atoms with Gasteiger partial charge in [-0.3, -0.25) is 0 Å². The molecule has 76 valence electrons. The van der Waals surface area contributed by atoms with Gasteiger partial charge in [-0.05, 0) is 12.1 Å². The smallest absolute Gasteiger partial charge is 0.0965 e. The summed E-state index contributed by atoms with van der Waals surface area (Å²) in [6.07, 6.45) is 1.32. The number of hydrogen-bond acceptors (Lipinski definition) is 4. The normalized spacial score (nSPS) is 11.4. The highest BCUT2D eigenvalue weighted by Gasteiger charge is 2.12. The number of hydrogen-bond donors (Lipinski definition) is 0. The highest BCUT2D eigenvalue weighted by Crippen LogP contribution is 2.29. The van der Waals surface area contributed by atoms with E-state index >= 15 is 0 Å². The van der Waals surface area contributed by atoms with Crippen LogP contribution in [-0.4, -0.2) is 15.7 Å². The third-order valence-corrected chi connectivity index (χ3v) is 2.45. The lowest BCUT2D eigenvalue weighted by Crippen LogP contribution is -2.22. The first-order chi connectivity index (χ1) is 6.38. The van der Waals surface area contributed by atoms with E-state index in [1.165, 1.54) is 12.3 Å². The number of pyridine rings is 1. The summed E-state index contributed by atoms with van der Waals surface area (Å²) >= 11 is 1.60. The molecule has 1 aromatic heterocycles. The van der Waals surface area contributed by atoms with E-state index < -0.39 is 5.97 Å². The Balaban J connectivity index is 2.79. The third kappa shape index (κ3) is 3.38. The van der Waals surface area contributed by atoms with E-state index in [1.807, 2.05) is 0 Å². The second kappa shape index (κ2) is 4.00. The van der Waals surface area contributed by atoms with Crippen LogP contribution in [0.25, 0.3) is 0 Å². The van der Waals surface area contributed by atoms with Crippen LogP contribution in [0, 0.1) is 0 Å². The molecular weight excluding hydrogens is 198 g/mol. The van der Waals surface area contributed by atoms with Crippen LogP contribution < -0.4 is 5.11 Å². The van der Waals surface area contributed by atoms with Crippen LogP contribution >= 0.6 is 11.8 Å². The number of carboxylic acid groups (broad SMARTS) is 1. The Bertz CT molecular complexity index is 327. The average Bonchev–Trinajstić information content (AvgIpc) is 2.02. The maximum absolute atomic E-state index is 10.4. The molecule has 0 aromatic carbocycles. The predicted octanol–water partition coefficient (Wildman–Crippen LogP) is 1.34. The number of nitrogens with zero attached hydrogens (tertiary/aromatic N) is 1. The van der Waals surface area contributed by atoms with E-state index in [4.69, 9.17) is 0 Å². The van der Waals surface area contributed by atoms with Crippen molar-refractivity contribution in [2.75, 3.05) is 0 Å². The molecule has 0 amide bonds. The van der Waals surface area contributed by atoms with E-state index in [9.17, 15) is 9.90 Å². The summed E-state index contributed by atoms with van der Waals surface area (Å²) in [5.74, 6) is -1.19. The minimum absolute atomic E-state index is 0.0794. The van der Waals surface area contributed by atoms with Crippen molar-refractivity contribution in [2.24, 2.45) is 0 Å². The van der Waals surface area contributed by atoms with E-state index in [-0.39, 0.29) is 10.3 Å². The number of aromatic nitrogens is 1. The molecule has 0 bridgehead atoms. The quantitative estimate of drug-likeness (QED) is 0.691. The molecule has 0 spiro atoms. The zero-order valence-corrected chi connectivity index (χ0v) is 9.22. The van der Waals surface area contributed by atoms with E-state index in [1.54, 1.807) is 17.8 Å². The summed E-state index contributed by atoms with van der Waals surface area (Å²) in [6.45, 7) is 6.23. The molecule has 1 aromatic rings. The van der Waals surface area contributed by atoms with E-state index in [2.05, 4.69) is 25.8 Å². The minimum Gasteiger partial charge on any atom is -0.545 e. The first-order valence-corrected chi connectivity index (χ1v) is 5.06. The van der Waals surface area contributed by atoms with Crippen molar-refractivity contribution in [3.63, 3.8) is 0 Å². The zero-order chi connectivity index (χ0) is 10.8. The molecule has 0 N–H and O–H groups in total. The summed E-state index contributed by atoms with van der Waals surface area (Å²) in [6, 6.07) is 3.21. The Morgan fingerprint density at radius 1 is 1.43 bits per heavy atom. The number of rotatable bonds is 2. The Hall–Kier alpha value is -1.03. The van der Waals surface area contributed by atoms with Gasteiger partial charge in [-0.2, -0.15) is 0 Å². The molecule has 0 saturated carbocycles. The van der Waals surface area contributed by atoms with Gasteiger partial charge in [0.15, 0.2) is 0 Å². The molecular formula is C10H12NO2S-. The highest BCUT2D eigenvalue weighted by atomic mass is 32.2. The number of carboxylic acids is 1. The van der Waals surface area contributed by atoms with Crippen LogP contribution in [0.1, 0.15) is 31.1 Å². The minimum atomic E-state index is -1.19. The Kier molecular flexibility index (Phi) is 3.16. The Morgan fingerprint density at radius 3 is 2.43 bits per heavy atom. The number of aromatic carboxylic acids is 1. The maximum Gasteiger partial charge on any atom is 0.0965 e. The molecule has 0 aliphatic carbocycles. The summed E-state index contributed by atoms with van der Waals surface area (Å²) in [4.78, 5) is 14.5. The second-order valence-corrected chi connectivity index (χ2v) is 5.73. The predicted molar refractivity (Wildman–Crippen MR) is 54.2 cm³/mol. The fourth-order valence-electron chi connectivity index (χ4n) is 0.875. The molecule has 14 heavy (non-hydrogen) atoms. The Morgan fingerprint density at radius 2 is 2.07 bits per heavy atom. The molecule has 0 atom stereocenters. The number of thioether (sulfide) groups is 1. The monoisotopic (exact) mass is 210 g/mol. The molecule has 3 nitrogen and oxygen atoms in total. The van der Waals surface area contributed by atoms with Gasteiger partial charge in [0.05, 0.1) is 11.0 Å². The molecule has 1 heterocycles. The average molecular weight is 210 g/mol. The van der Waals surface area contributed by atoms with Crippen molar-refractivity contribution in [3.05, 3.63) is 23.9 Å². The van der Waals surface area contributed by atoms with Crippen molar-refractivity contribution >= 4 is 17.7 Å². The molecule has 0 aliphatic rings. The third-order valence-electron chi connectivity index (χ3n) is 1.38. The zero-order valence-electron chi connectivity index (χ0n) is 8.40. The first-order valence-electron chi connectivity index (χ1n) is 4.25.